The number of anilines is 2. The first-order valence-corrected chi connectivity index (χ1v) is 17.1. The number of halogens is 4. The second kappa shape index (κ2) is 24.6. The Balaban J connectivity index is 1.49. The van der Waals surface area contributed by atoms with Crippen LogP contribution in [0.5, 0.6) is 5.75 Å². The number of hydrogen-bond donors (Lipinski definition) is 2. The van der Waals surface area contributed by atoms with Crippen LogP contribution >= 0.6 is 0 Å². The number of nitrogens with one attached hydrogen (secondary N) is 2. The van der Waals surface area contributed by atoms with Crippen LogP contribution < -0.4 is 15.4 Å². The first-order chi connectivity index (χ1) is 23.2. The lowest BCUT2D eigenvalue weighted by Gasteiger charge is -2.10. The molecule has 0 aliphatic rings. The van der Waals surface area contributed by atoms with Crippen molar-refractivity contribution in [2.75, 3.05) is 37.1 Å². The van der Waals surface area contributed by atoms with E-state index < -0.39 is 41.4 Å². The van der Waals surface area contributed by atoms with E-state index in [1.165, 1.54) is 64.2 Å². The van der Waals surface area contributed by atoms with Gasteiger partial charge in [0.25, 0.3) is 0 Å². The van der Waals surface area contributed by atoms with Gasteiger partial charge in [-0.05, 0) is 24.6 Å². The molecule has 2 amide bonds. The van der Waals surface area contributed by atoms with Crippen LogP contribution in [0.15, 0.2) is 30.3 Å². The lowest BCUT2D eigenvalue weighted by molar-refractivity contribution is -0.136. The standard InChI is InChI=1S/C36H50F4N2O6/c1-2-3-4-5-6-7-8-9-10-11-12-13-14-18-31(43)41-27-16-15-17-28(25-27)42-32(44)19-21-46-23-24-47-22-20-33(45)48-36-34(39)29(37)26-30(38)35(36)40/h15-17,25-26H,2-14,18-24H2,1H3,(H,41,43)(H,42,44). The highest BCUT2D eigenvalue weighted by Crippen LogP contribution is 2.26. The largest absolute Gasteiger partial charge is 0.420 e. The maximum atomic E-state index is 13.6. The Kier molecular flexibility index (Phi) is 20.8. The molecule has 0 aliphatic carbocycles. The number of ether oxygens (including phenoxy) is 3. The van der Waals surface area contributed by atoms with E-state index in [4.69, 9.17) is 9.47 Å². The van der Waals surface area contributed by atoms with Gasteiger partial charge >= 0.3 is 5.97 Å². The third-order valence-corrected chi connectivity index (χ3v) is 7.52. The van der Waals surface area contributed by atoms with Crippen molar-refractivity contribution in [2.24, 2.45) is 0 Å². The van der Waals surface area contributed by atoms with Gasteiger partial charge in [0.15, 0.2) is 11.6 Å². The summed E-state index contributed by atoms with van der Waals surface area (Å²) in [7, 11) is 0. The summed E-state index contributed by atoms with van der Waals surface area (Å²) >= 11 is 0. The summed E-state index contributed by atoms with van der Waals surface area (Å²) in [5, 5.41) is 5.64. The molecule has 0 heterocycles. The number of unbranched alkanes of at least 4 members (excludes halogenated alkanes) is 12. The normalized spacial score (nSPS) is 11.0. The smallest absolute Gasteiger partial charge is 0.313 e. The lowest BCUT2D eigenvalue weighted by Crippen LogP contribution is -2.17. The summed E-state index contributed by atoms with van der Waals surface area (Å²) in [5.41, 5.74) is 1.14. The van der Waals surface area contributed by atoms with E-state index in [1.807, 2.05) is 0 Å². The van der Waals surface area contributed by atoms with Crippen LogP contribution in [-0.4, -0.2) is 44.2 Å². The van der Waals surface area contributed by atoms with Gasteiger partial charge in [-0.15, -0.1) is 0 Å². The van der Waals surface area contributed by atoms with Crippen molar-refractivity contribution in [3.05, 3.63) is 53.6 Å². The number of hydrogen-bond acceptors (Lipinski definition) is 6. The van der Waals surface area contributed by atoms with Crippen molar-refractivity contribution in [2.45, 2.75) is 110 Å². The van der Waals surface area contributed by atoms with Crippen LogP contribution in [-0.2, 0) is 23.9 Å². The maximum Gasteiger partial charge on any atom is 0.313 e. The zero-order chi connectivity index (χ0) is 35.0. The van der Waals surface area contributed by atoms with Gasteiger partial charge in [-0.2, -0.15) is 8.78 Å². The summed E-state index contributed by atoms with van der Waals surface area (Å²) in [6.45, 7) is 2.28. The maximum absolute atomic E-state index is 13.6. The van der Waals surface area contributed by atoms with Crippen LogP contribution in [0.3, 0.4) is 0 Å². The Bertz CT molecular complexity index is 1240. The number of carbonyl (C=O) groups is 3. The van der Waals surface area contributed by atoms with Gasteiger partial charge < -0.3 is 24.8 Å². The molecular weight excluding hydrogens is 632 g/mol. The number of rotatable bonds is 26. The predicted octanol–water partition coefficient (Wildman–Crippen LogP) is 9.02. The van der Waals surface area contributed by atoms with E-state index in [0.29, 0.717) is 17.8 Å². The Hall–Kier alpha value is -3.51. The third-order valence-electron chi connectivity index (χ3n) is 7.52. The fourth-order valence-electron chi connectivity index (χ4n) is 4.87. The second-order valence-corrected chi connectivity index (χ2v) is 11.7. The minimum Gasteiger partial charge on any atom is -0.420 e. The van der Waals surface area contributed by atoms with Crippen molar-refractivity contribution < 1.29 is 46.2 Å². The molecule has 0 spiro atoms. The molecule has 0 radical (unpaired) electrons. The number of benzene rings is 2. The fourth-order valence-corrected chi connectivity index (χ4v) is 4.87. The molecule has 0 atom stereocenters. The quantitative estimate of drug-likeness (QED) is 0.0338. The highest BCUT2D eigenvalue weighted by molar-refractivity contribution is 5.94. The highest BCUT2D eigenvalue weighted by atomic mass is 19.2. The van der Waals surface area contributed by atoms with Gasteiger partial charge in [-0.25, -0.2) is 8.78 Å². The van der Waals surface area contributed by atoms with Gasteiger partial charge in [0.2, 0.25) is 29.2 Å². The van der Waals surface area contributed by atoms with Crippen molar-refractivity contribution in [1.82, 2.24) is 0 Å². The molecule has 2 aromatic carbocycles. The molecule has 0 saturated carbocycles. The first-order valence-electron chi connectivity index (χ1n) is 17.1. The van der Waals surface area contributed by atoms with Crippen LogP contribution in [0.4, 0.5) is 28.9 Å². The van der Waals surface area contributed by atoms with Gasteiger partial charge in [-0.1, -0.05) is 90.0 Å². The molecule has 0 aliphatic heterocycles. The molecule has 8 nitrogen and oxygen atoms in total. The predicted molar refractivity (Wildman–Crippen MR) is 177 cm³/mol. The summed E-state index contributed by atoms with van der Waals surface area (Å²) in [6, 6.07) is 6.91. The van der Waals surface area contributed by atoms with E-state index >= 15 is 0 Å². The van der Waals surface area contributed by atoms with Gasteiger partial charge in [0, 0.05) is 23.9 Å². The van der Waals surface area contributed by atoms with Crippen LogP contribution in [0.2, 0.25) is 0 Å². The van der Waals surface area contributed by atoms with E-state index in [2.05, 4.69) is 22.3 Å². The molecule has 2 aromatic rings. The average molecular weight is 683 g/mol. The molecule has 2 rings (SSSR count). The summed E-state index contributed by atoms with van der Waals surface area (Å²) < 4.78 is 68.4. The molecular formula is C36H50F4N2O6. The Morgan fingerprint density at radius 2 is 1.04 bits per heavy atom. The molecule has 0 fully saturated rings. The van der Waals surface area contributed by atoms with Gasteiger partial charge in [0.05, 0.1) is 39.3 Å². The van der Waals surface area contributed by atoms with Gasteiger partial charge in [-0.3, -0.25) is 14.4 Å². The molecule has 0 aromatic heterocycles. The van der Waals surface area contributed by atoms with Gasteiger partial charge in [0.1, 0.15) is 0 Å². The van der Waals surface area contributed by atoms with Crippen molar-refractivity contribution in [3.63, 3.8) is 0 Å². The number of carbonyl (C=O) groups excluding carboxylic acids is 3. The Morgan fingerprint density at radius 3 is 1.56 bits per heavy atom. The van der Waals surface area contributed by atoms with Crippen molar-refractivity contribution in [1.29, 1.82) is 0 Å². The Labute approximate surface area is 281 Å². The minimum atomic E-state index is -1.81. The zero-order valence-corrected chi connectivity index (χ0v) is 28.0. The molecule has 0 bridgehead atoms. The van der Waals surface area contributed by atoms with Crippen molar-refractivity contribution >= 4 is 29.2 Å². The fraction of sp³-hybridized carbons (Fsp3) is 0.583. The average Bonchev–Trinajstić information content (AvgIpc) is 3.05. The van der Waals surface area contributed by atoms with E-state index in [0.717, 1.165) is 19.3 Å². The van der Waals surface area contributed by atoms with Crippen LogP contribution in [0.1, 0.15) is 110 Å². The van der Waals surface area contributed by atoms with Crippen molar-refractivity contribution in [3.8, 4) is 5.75 Å². The zero-order valence-electron chi connectivity index (χ0n) is 28.0. The number of amides is 2. The van der Waals surface area contributed by atoms with Crippen LogP contribution in [0.25, 0.3) is 0 Å². The summed E-state index contributed by atoms with van der Waals surface area (Å²) in [4.78, 5) is 36.4. The van der Waals surface area contributed by atoms with E-state index in [-0.39, 0.29) is 50.7 Å². The third kappa shape index (κ3) is 17.6. The molecule has 0 saturated heterocycles. The SMILES string of the molecule is CCCCCCCCCCCCCCCC(=O)Nc1cccc(NC(=O)CCOCCOCCC(=O)Oc2c(F)c(F)cc(F)c2F)c1. The second-order valence-electron chi connectivity index (χ2n) is 11.7. The molecule has 268 valence electrons. The van der Waals surface area contributed by atoms with Crippen LogP contribution in [0, 0.1) is 23.3 Å². The molecule has 0 unspecified atom stereocenters. The van der Waals surface area contributed by atoms with E-state index in [1.54, 1.807) is 24.3 Å². The summed E-state index contributed by atoms with van der Waals surface area (Å²) in [5.74, 6) is -9.94. The number of esters is 1. The molecule has 2 N–H and O–H groups in total. The Morgan fingerprint density at radius 1 is 0.583 bits per heavy atom. The topological polar surface area (TPSA) is 103 Å². The minimum absolute atomic E-state index is 0.00960. The monoisotopic (exact) mass is 682 g/mol. The van der Waals surface area contributed by atoms with E-state index in [9.17, 15) is 31.9 Å². The lowest BCUT2D eigenvalue weighted by atomic mass is 10.0. The molecule has 12 heteroatoms. The summed E-state index contributed by atoms with van der Waals surface area (Å²) in [6.07, 6.45) is 16.3. The highest BCUT2D eigenvalue weighted by Gasteiger charge is 2.23. The first kappa shape index (κ1) is 40.7. The molecule has 48 heavy (non-hydrogen) atoms.